The average Bonchev–Trinajstić information content (AvgIpc) is 2.54. The molecule has 0 spiro atoms. The second kappa shape index (κ2) is 7.13. The minimum Gasteiger partial charge on any atom is -0.497 e. The zero-order valence-electron chi connectivity index (χ0n) is 11.9. The Kier molecular flexibility index (Phi) is 5.22. The first-order valence-electron chi connectivity index (χ1n) is 6.36. The van der Waals surface area contributed by atoms with Gasteiger partial charge in [0, 0.05) is 11.0 Å². The average molecular weight is 350 g/mol. The number of nitrogens with one attached hydrogen (secondary N) is 1. The number of halogens is 1. The van der Waals surface area contributed by atoms with Gasteiger partial charge in [-0.05, 0) is 35.9 Å². The number of anilines is 1. The topological polar surface area (TPSA) is 47.6 Å². The van der Waals surface area contributed by atoms with Gasteiger partial charge >= 0.3 is 0 Å². The largest absolute Gasteiger partial charge is 0.497 e. The molecule has 2 aromatic rings. The van der Waals surface area contributed by atoms with Crippen molar-refractivity contribution in [3.05, 3.63) is 53.6 Å². The quantitative estimate of drug-likeness (QED) is 0.834. The monoisotopic (exact) mass is 349 g/mol. The number of methoxy groups -OCH3 is 2. The first-order valence-corrected chi connectivity index (χ1v) is 7.48. The molecule has 21 heavy (non-hydrogen) atoms. The highest BCUT2D eigenvalue weighted by atomic mass is 79.9. The summed E-state index contributed by atoms with van der Waals surface area (Å²) < 4.78 is 10.4. The molecule has 1 N–H and O–H groups in total. The lowest BCUT2D eigenvalue weighted by atomic mass is 10.1. The Bertz CT molecular complexity index is 626. The molecule has 0 aliphatic rings. The normalized spacial score (nSPS) is 10.0. The van der Waals surface area contributed by atoms with Crippen LogP contribution >= 0.6 is 15.9 Å². The Balaban J connectivity index is 2.22. The van der Waals surface area contributed by atoms with Crippen LogP contribution in [0.5, 0.6) is 11.5 Å². The smallest absolute Gasteiger partial charge is 0.259 e. The molecule has 0 fully saturated rings. The summed E-state index contributed by atoms with van der Waals surface area (Å²) in [5, 5.41) is 3.63. The lowest BCUT2D eigenvalue weighted by Gasteiger charge is -2.11. The molecule has 2 rings (SSSR count). The predicted octanol–water partition coefficient (Wildman–Crippen LogP) is 3.85. The van der Waals surface area contributed by atoms with Crippen molar-refractivity contribution in [2.45, 2.75) is 5.33 Å². The Labute approximate surface area is 132 Å². The summed E-state index contributed by atoms with van der Waals surface area (Å²) in [7, 11) is 3.09. The van der Waals surface area contributed by atoms with Gasteiger partial charge in [-0.1, -0.05) is 28.1 Å². The second-order valence-corrected chi connectivity index (χ2v) is 4.91. The fraction of sp³-hybridized carbons (Fsp3) is 0.188. The van der Waals surface area contributed by atoms with Gasteiger partial charge in [-0.25, -0.2) is 0 Å². The Morgan fingerprint density at radius 1 is 1.10 bits per heavy atom. The van der Waals surface area contributed by atoms with Gasteiger partial charge in [0.25, 0.3) is 5.91 Å². The van der Waals surface area contributed by atoms with Gasteiger partial charge in [-0.2, -0.15) is 0 Å². The summed E-state index contributed by atoms with van der Waals surface area (Å²) in [6.07, 6.45) is 0. The number of hydrogen-bond acceptors (Lipinski definition) is 3. The molecule has 0 radical (unpaired) electrons. The first-order chi connectivity index (χ1) is 10.2. The van der Waals surface area contributed by atoms with Gasteiger partial charge in [0.05, 0.1) is 19.8 Å². The lowest BCUT2D eigenvalue weighted by molar-refractivity contribution is 0.102. The van der Waals surface area contributed by atoms with Crippen molar-refractivity contribution >= 4 is 27.5 Å². The summed E-state index contributed by atoms with van der Waals surface area (Å²) in [4.78, 5) is 12.4. The first kappa shape index (κ1) is 15.4. The van der Waals surface area contributed by atoms with Crippen LogP contribution in [0.1, 0.15) is 15.9 Å². The van der Waals surface area contributed by atoms with Crippen molar-refractivity contribution < 1.29 is 14.3 Å². The van der Waals surface area contributed by atoms with E-state index in [1.165, 1.54) is 7.11 Å². The number of ether oxygens (including phenoxy) is 2. The van der Waals surface area contributed by atoms with Gasteiger partial charge in [0.1, 0.15) is 11.5 Å². The van der Waals surface area contributed by atoms with Crippen molar-refractivity contribution in [3.8, 4) is 11.5 Å². The van der Waals surface area contributed by atoms with Crippen molar-refractivity contribution in [1.82, 2.24) is 0 Å². The zero-order valence-corrected chi connectivity index (χ0v) is 13.4. The van der Waals surface area contributed by atoms with E-state index in [0.29, 0.717) is 17.1 Å². The minimum absolute atomic E-state index is 0.239. The molecule has 5 heteroatoms. The highest BCUT2D eigenvalue weighted by Gasteiger charge is 2.13. The van der Waals surface area contributed by atoms with Crippen LogP contribution in [0.25, 0.3) is 0 Å². The maximum Gasteiger partial charge on any atom is 0.259 e. The van der Waals surface area contributed by atoms with Gasteiger partial charge in [-0.3, -0.25) is 4.79 Å². The maximum absolute atomic E-state index is 12.4. The van der Waals surface area contributed by atoms with E-state index in [-0.39, 0.29) is 5.91 Å². The van der Waals surface area contributed by atoms with Crippen LogP contribution in [0, 0.1) is 0 Å². The standard InChI is InChI=1S/C16H16BrNO3/c1-20-13-7-8-15(21-2)14(9-13)16(19)18-12-5-3-11(10-17)4-6-12/h3-9H,10H2,1-2H3,(H,18,19). The molecule has 1 amide bonds. The summed E-state index contributed by atoms with van der Waals surface area (Å²) in [5.41, 5.74) is 2.31. The number of hydrogen-bond donors (Lipinski definition) is 1. The van der Waals surface area contributed by atoms with Gasteiger partial charge in [0.15, 0.2) is 0 Å². The van der Waals surface area contributed by atoms with E-state index in [0.717, 1.165) is 16.6 Å². The van der Waals surface area contributed by atoms with E-state index in [1.807, 2.05) is 24.3 Å². The Hall–Kier alpha value is -2.01. The van der Waals surface area contributed by atoms with E-state index < -0.39 is 0 Å². The molecular formula is C16H16BrNO3. The van der Waals surface area contributed by atoms with E-state index >= 15 is 0 Å². The van der Waals surface area contributed by atoms with Gasteiger partial charge in [0.2, 0.25) is 0 Å². The number of amides is 1. The molecule has 0 atom stereocenters. The third kappa shape index (κ3) is 3.76. The molecule has 0 saturated heterocycles. The zero-order chi connectivity index (χ0) is 15.2. The molecule has 4 nitrogen and oxygen atoms in total. The van der Waals surface area contributed by atoms with E-state index in [1.54, 1.807) is 25.3 Å². The van der Waals surface area contributed by atoms with E-state index in [9.17, 15) is 4.79 Å². The highest BCUT2D eigenvalue weighted by molar-refractivity contribution is 9.08. The Morgan fingerprint density at radius 2 is 1.81 bits per heavy atom. The molecular weight excluding hydrogens is 334 g/mol. The van der Waals surface area contributed by atoms with Crippen molar-refractivity contribution in [2.24, 2.45) is 0 Å². The highest BCUT2D eigenvalue weighted by Crippen LogP contribution is 2.25. The van der Waals surface area contributed by atoms with Crippen molar-refractivity contribution in [3.63, 3.8) is 0 Å². The molecule has 0 aliphatic heterocycles. The van der Waals surface area contributed by atoms with Crippen LogP contribution in [0.4, 0.5) is 5.69 Å². The molecule has 0 saturated carbocycles. The lowest BCUT2D eigenvalue weighted by Crippen LogP contribution is -2.13. The van der Waals surface area contributed by atoms with Crippen LogP contribution in [-0.4, -0.2) is 20.1 Å². The van der Waals surface area contributed by atoms with E-state index in [4.69, 9.17) is 9.47 Å². The fourth-order valence-electron chi connectivity index (χ4n) is 1.87. The third-order valence-electron chi connectivity index (χ3n) is 3.02. The third-order valence-corrected chi connectivity index (χ3v) is 3.66. The fourth-order valence-corrected chi connectivity index (χ4v) is 2.24. The maximum atomic E-state index is 12.4. The number of benzene rings is 2. The van der Waals surface area contributed by atoms with Gasteiger partial charge in [-0.15, -0.1) is 0 Å². The molecule has 0 aliphatic carbocycles. The molecule has 2 aromatic carbocycles. The number of alkyl halides is 1. The summed E-state index contributed by atoms with van der Waals surface area (Å²) in [5.74, 6) is 0.873. The SMILES string of the molecule is COc1ccc(OC)c(C(=O)Nc2ccc(CBr)cc2)c1. The Morgan fingerprint density at radius 3 is 2.38 bits per heavy atom. The van der Waals surface area contributed by atoms with E-state index in [2.05, 4.69) is 21.2 Å². The van der Waals surface area contributed by atoms with Crippen LogP contribution in [0.3, 0.4) is 0 Å². The number of carbonyl (C=O) groups excluding carboxylic acids is 1. The van der Waals surface area contributed by atoms with Crippen LogP contribution in [-0.2, 0) is 5.33 Å². The molecule has 110 valence electrons. The minimum atomic E-state index is -0.239. The molecule has 0 unspecified atom stereocenters. The number of rotatable bonds is 5. The molecule has 0 bridgehead atoms. The molecule has 0 aromatic heterocycles. The molecule has 0 heterocycles. The van der Waals surface area contributed by atoms with Crippen molar-refractivity contribution in [1.29, 1.82) is 0 Å². The van der Waals surface area contributed by atoms with Crippen LogP contribution in [0.15, 0.2) is 42.5 Å². The summed E-state index contributed by atoms with van der Waals surface area (Å²) >= 11 is 3.39. The predicted molar refractivity (Wildman–Crippen MR) is 86.6 cm³/mol. The number of carbonyl (C=O) groups is 1. The van der Waals surface area contributed by atoms with Crippen LogP contribution in [0.2, 0.25) is 0 Å². The second-order valence-electron chi connectivity index (χ2n) is 4.35. The van der Waals surface area contributed by atoms with Crippen LogP contribution < -0.4 is 14.8 Å². The van der Waals surface area contributed by atoms with Gasteiger partial charge < -0.3 is 14.8 Å². The van der Waals surface area contributed by atoms with Crippen molar-refractivity contribution in [2.75, 3.05) is 19.5 Å². The summed E-state index contributed by atoms with van der Waals surface area (Å²) in [6, 6.07) is 12.7. The summed E-state index contributed by atoms with van der Waals surface area (Å²) in [6.45, 7) is 0.